The minimum Gasteiger partial charge on any atom is -0.497 e. The third-order valence-corrected chi connectivity index (χ3v) is 3.59. The summed E-state index contributed by atoms with van der Waals surface area (Å²) in [5.74, 6) is 0.719. The summed E-state index contributed by atoms with van der Waals surface area (Å²) in [6, 6.07) is 13.3. The lowest BCUT2D eigenvalue weighted by Gasteiger charge is -2.18. The number of nitrogens with zero attached hydrogens (tertiary/aromatic N) is 2. The first-order chi connectivity index (χ1) is 10.2. The van der Waals surface area contributed by atoms with E-state index < -0.39 is 12.1 Å². The molecule has 3 rings (SSSR count). The van der Waals surface area contributed by atoms with Gasteiger partial charge >= 0.3 is 0 Å². The lowest BCUT2D eigenvalue weighted by Crippen LogP contribution is -2.38. The molecule has 0 bridgehead atoms. The molecule has 5 heteroatoms. The lowest BCUT2D eigenvalue weighted by molar-refractivity contribution is -0.508. The van der Waals surface area contributed by atoms with Gasteiger partial charge in [-0.25, -0.2) is 0 Å². The SMILES string of the molecule is COc1ccc(C2N=c3ccccc3=CC2[N+](=O)[O-])cc1. The van der Waals surface area contributed by atoms with E-state index in [2.05, 4.69) is 4.99 Å². The van der Waals surface area contributed by atoms with Crippen molar-refractivity contribution in [1.29, 1.82) is 0 Å². The van der Waals surface area contributed by atoms with Crippen LogP contribution in [0.25, 0.3) is 6.08 Å². The Bertz CT molecular complexity index is 784. The largest absolute Gasteiger partial charge is 0.497 e. The second kappa shape index (κ2) is 5.36. The minimum atomic E-state index is -0.853. The van der Waals surface area contributed by atoms with Gasteiger partial charge in [0.25, 0.3) is 6.04 Å². The van der Waals surface area contributed by atoms with Crippen molar-refractivity contribution in [2.75, 3.05) is 7.11 Å². The topological polar surface area (TPSA) is 64.7 Å². The molecule has 0 aliphatic carbocycles. The Balaban J connectivity index is 2.10. The molecule has 106 valence electrons. The van der Waals surface area contributed by atoms with E-state index in [0.717, 1.165) is 21.9 Å². The first-order valence-corrected chi connectivity index (χ1v) is 6.61. The summed E-state index contributed by atoms with van der Waals surface area (Å²) in [6.45, 7) is 0. The van der Waals surface area contributed by atoms with Gasteiger partial charge in [0.2, 0.25) is 0 Å². The fraction of sp³-hybridized carbons (Fsp3) is 0.188. The van der Waals surface area contributed by atoms with Gasteiger partial charge in [-0.1, -0.05) is 30.3 Å². The smallest absolute Gasteiger partial charge is 0.258 e. The molecule has 0 spiro atoms. The summed E-state index contributed by atoms with van der Waals surface area (Å²) < 4.78 is 5.11. The van der Waals surface area contributed by atoms with Crippen molar-refractivity contribution in [2.45, 2.75) is 12.1 Å². The number of hydrogen-bond donors (Lipinski definition) is 0. The number of hydrogen-bond acceptors (Lipinski definition) is 4. The van der Waals surface area contributed by atoms with Crippen LogP contribution in [-0.2, 0) is 0 Å². The molecular weight excluding hydrogens is 268 g/mol. The van der Waals surface area contributed by atoms with Gasteiger partial charge in [-0.3, -0.25) is 15.1 Å². The molecular formula is C16H14N2O3. The average molecular weight is 282 g/mol. The average Bonchev–Trinajstić information content (AvgIpc) is 2.53. The van der Waals surface area contributed by atoms with E-state index in [9.17, 15) is 10.1 Å². The third kappa shape index (κ3) is 2.50. The summed E-state index contributed by atoms with van der Waals surface area (Å²) in [5.41, 5.74) is 0.809. The number of para-hydroxylation sites is 1. The van der Waals surface area contributed by atoms with Crippen LogP contribution in [0.4, 0.5) is 0 Å². The predicted molar refractivity (Wildman–Crippen MR) is 78.2 cm³/mol. The van der Waals surface area contributed by atoms with Crippen molar-refractivity contribution in [1.82, 2.24) is 0 Å². The van der Waals surface area contributed by atoms with Crippen LogP contribution >= 0.6 is 0 Å². The van der Waals surface area contributed by atoms with Crippen LogP contribution in [0.15, 0.2) is 53.5 Å². The molecule has 5 nitrogen and oxygen atoms in total. The first kappa shape index (κ1) is 13.3. The molecule has 0 saturated carbocycles. The summed E-state index contributed by atoms with van der Waals surface area (Å²) in [4.78, 5) is 15.6. The zero-order chi connectivity index (χ0) is 14.8. The summed E-state index contributed by atoms with van der Waals surface area (Å²) in [7, 11) is 1.59. The molecule has 0 fully saturated rings. The van der Waals surface area contributed by atoms with Crippen molar-refractivity contribution in [3.05, 3.63) is 74.8 Å². The Kier molecular flexibility index (Phi) is 3.39. The normalized spacial score (nSPS) is 19.9. The summed E-state index contributed by atoms with van der Waals surface area (Å²) in [5, 5.41) is 13.0. The maximum atomic E-state index is 11.4. The predicted octanol–water partition coefficient (Wildman–Crippen LogP) is 1.50. The van der Waals surface area contributed by atoms with Crippen LogP contribution in [0.3, 0.4) is 0 Å². The van der Waals surface area contributed by atoms with Crippen LogP contribution < -0.4 is 15.3 Å². The van der Waals surface area contributed by atoms with Gasteiger partial charge < -0.3 is 4.74 Å². The van der Waals surface area contributed by atoms with Crippen LogP contribution in [-0.4, -0.2) is 18.1 Å². The monoisotopic (exact) mass is 282 g/mol. The van der Waals surface area contributed by atoms with Gasteiger partial charge in [-0.2, -0.15) is 0 Å². The standard InChI is InChI=1S/C16H14N2O3/c1-21-13-8-6-11(7-9-13)16-15(18(19)20)10-12-4-2-3-5-14(12)17-16/h2-10,15-16H,1H3. The number of rotatable bonds is 3. The van der Waals surface area contributed by atoms with Crippen LogP contribution in [0.2, 0.25) is 0 Å². The van der Waals surface area contributed by atoms with Crippen molar-refractivity contribution >= 4 is 6.08 Å². The van der Waals surface area contributed by atoms with Gasteiger partial charge in [0.1, 0.15) is 11.8 Å². The van der Waals surface area contributed by atoms with E-state index in [1.807, 2.05) is 36.4 Å². The number of fused-ring (bicyclic) bond motifs is 1. The molecule has 21 heavy (non-hydrogen) atoms. The fourth-order valence-electron chi connectivity index (χ4n) is 2.50. The van der Waals surface area contributed by atoms with E-state index in [4.69, 9.17) is 4.74 Å². The van der Waals surface area contributed by atoms with E-state index in [1.165, 1.54) is 0 Å². The van der Waals surface area contributed by atoms with Gasteiger partial charge in [0.15, 0.2) is 0 Å². The molecule has 2 unspecified atom stereocenters. The maximum Gasteiger partial charge on any atom is 0.258 e. The highest BCUT2D eigenvalue weighted by atomic mass is 16.6. The van der Waals surface area contributed by atoms with Crippen LogP contribution in [0.5, 0.6) is 5.75 Å². The van der Waals surface area contributed by atoms with Gasteiger partial charge in [0, 0.05) is 16.2 Å². The lowest BCUT2D eigenvalue weighted by atomic mass is 9.97. The molecule has 2 atom stereocenters. The quantitative estimate of drug-likeness (QED) is 0.633. The number of nitro groups is 1. The fourth-order valence-corrected chi connectivity index (χ4v) is 2.50. The van der Waals surface area contributed by atoms with Crippen LogP contribution in [0, 0.1) is 10.1 Å². The molecule has 1 aliphatic heterocycles. The molecule has 1 aliphatic rings. The Morgan fingerprint density at radius 3 is 2.52 bits per heavy atom. The summed E-state index contributed by atoms with van der Waals surface area (Å²) in [6.07, 6.45) is 1.68. The zero-order valence-corrected chi connectivity index (χ0v) is 11.5. The number of benzene rings is 2. The molecule has 0 amide bonds. The Hall–Kier alpha value is -2.69. The highest BCUT2D eigenvalue weighted by Gasteiger charge is 2.32. The number of methoxy groups -OCH3 is 1. The summed E-state index contributed by atoms with van der Waals surface area (Å²) >= 11 is 0. The Labute approximate surface area is 121 Å². The molecule has 2 aromatic carbocycles. The molecule has 0 saturated heterocycles. The second-order valence-corrected chi connectivity index (χ2v) is 4.85. The highest BCUT2D eigenvalue weighted by Crippen LogP contribution is 2.26. The van der Waals surface area contributed by atoms with Crippen LogP contribution in [0.1, 0.15) is 11.6 Å². The van der Waals surface area contributed by atoms with E-state index in [-0.39, 0.29) is 4.92 Å². The molecule has 1 heterocycles. The molecule has 0 aromatic heterocycles. The highest BCUT2D eigenvalue weighted by molar-refractivity contribution is 5.38. The van der Waals surface area contributed by atoms with E-state index in [0.29, 0.717) is 0 Å². The minimum absolute atomic E-state index is 0.283. The Morgan fingerprint density at radius 2 is 1.86 bits per heavy atom. The third-order valence-electron chi connectivity index (χ3n) is 3.59. The molecule has 0 N–H and O–H groups in total. The van der Waals surface area contributed by atoms with Crippen molar-refractivity contribution in [2.24, 2.45) is 4.99 Å². The molecule has 0 radical (unpaired) electrons. The van der Waals surface area contributed by atoms with Crippen molar-refractivity contribution in [3.63, 3.8) is 0 Å². The van der Waals surface area contributed by atoms with Crippen molar-refractivity contribution in [3.8, 4) is 5.75 Å². The van der Waals surface area contributed by atoms with Crippen molar-refractivity contribution < 1.29 is 9.66 Å². The van der Waals surface area contributed by atoms with E-state index >= 15 is 0 Å². The Morgan fingerprint density at radius 1 is 1.14 bits per heavy atom. The van der Waals surface area contributed by atoms with E-state index in [1.54, 1.807) is 25.3 Å². The number of ether oxygens (including phenoxy) is 1. The van der Waals surface area contributed by atoms with Gasteiger partial charge in [-0.15, -0.1) is 0 Å². The molecule has 2 aromatic rings. The second-order valence-electron chi connectivity index (χ2n) is 4.85. The first-order valence-electron chi connectivity index (χ1n) is 6.61. The maximum absolute atomic E-state index is 11.4. The zero-order valence-electron chi connectivity index (χ0n) is 11.5. The van der Waals surface area contributed by atoms with Gasteiger partial charge in [0.05, 0.1) is 12.5 Å². The van der Waals surface area contributed by atoms with Gasteiger partial charge in [-0.05, 0) is 23.8 Å².